The van der Waals surface area contributed by atoms with Gasteiger partial charge in [-0.3, -0.25) is 9.78 Å². The molecule has 124 valence electrons. The normalized spacial score (nSPS) is 9.92. The van der Waals surface area contributed by atoms with E-state index in [1.807, 2.05) is 0 Å². The number of carbonyl (C=O) groups excluding carboxylic acids is 2. The van der Waals surface area contributed by atoms with Crippen LogP contribution in [-0.2, 0) is 4.74 Å². The quantitative estimate of drug-likeness (QED) is 0.619. The molecule has 0 saturated heterocycles. The Morgan fingerprint density at radius 3 is 2.83 bits per heavy atom. The Morgan fingerprint density at radius 2 is 2.12 bits per heavy atom. The fourth-order valence-electron chi connectivity index (χ4n) is 1.91. The molecular weight excluding hydrogens is 330 g/mol. The first-order valence-corrected chi connectivity index (χ1v) is 7.43. The average molecular weight is 346 g/mol. The van der Waals surface area contributed by atoms with Gasteiger partial charge in [-0.05, 0) is 30.3 Å². The van der Waals surface area contributed by atoms with Crippen molar-refractivity contribution in [1.29, 1.82) is 0 Å². The monoisotopic (exact) mass is 345 g/mol. The molecule has 1 aromatic heterocycles. The van der Waals surface area contributed by atoms with Crippen LogP contribution in [0.25, 0.3) is 0 Å². The topological polar surface area (TPSA) is 80.3 Å². The summed E-state index contributed by atoms with van der Waals surface area (Å²) >= 11 is 6.06. The van der Waals surface area contributed by atoms with Crippen LogP contribution in [0.2, 0.25) is 5.02 Å². The summed E-state index contributed by atoms with van der Waals surface area (Å²) in [7, 11) is 1.28. The van der Waals surface area contributed by atoms with Gasteiger partial charge in [-0.2, -0.15) is 0 Å². The van der Waals surface area contributed by atoms with Crippen LogP contribution in [0.1, 0.15) is 20.8 Å². The zero-order valence-corrected chi connectivity index (χ0v) is 13.8. The summed E-state index contributed by atoms with van der Waals surface area (Å²) in [5.74, 6) is -0.961. The number of hydrogen-bond acceptors (Lipinski definition) is 5. The van der Waals surface area contributed by atoms with Gasteiger partial charge in [-0.25, -0.2) is 4.79 Å². The molecule has 0 aliphatic carbocycles. The van der Waals surface area contributed by atoms with Gasteiger partial charge in [0.05, 0.1) is 23.4 Å². The molecule has 24 heavy (non-hydrogen) atoms. The lowest BCUT2D eigenvalue weighted by Gasteiger charge is -2.09. The number of nitrogens with zero attached hydrogens (tertiary/aromatic N) is 1. The van der Waals surface area contributed by atoms with Gasteiger partial charge in [0, 0.05) is 18.4 Å². The van der Waals surface area contributed by atoms with Gasteiger partial charge in [0.1, 0.15) is 5.69 Å². The third-order valence-electron chi connectivity index (χ3n) is 3.08. The van der Waals surface area contributed by atoms with Crippen LogP contribution in [0.15, 0.2) is 49.2 Å². The number of amides is 1. The smallest absolute Gasteiger partial charge is 0.337 e. The number of benzene rings is 1. The second-order valence-corrected chi connectivity index (χ2v) is 5.15. The molecule has 7 heteroatoms. The lowest BCUT2D eigenvalue weighted by Crippen LogP contribution is -2.15. The lowest BCUT2D eigenvalue weighted by atomic mass is 10.2. The molecule has 0 radical (unpaired) electrons. The van der Waals surface area contributed by atoms with Gasteiger partial charge in [0.15, 0.2) is 0 Å². The number of halogens is 1. The minimum absolute atomic E-state index is 0.212. The van der Waals surface area contributed by atoms with E-state index >= 15 is 0 Å². The number of aromatic nitrogens is 1. The molecule has 0 aliphatic rings. The van der Waals surface area contributed by atoms with Crippen molar-refractivity contribution >= 4 is 34.9 Å². The van der Waals surface area contributed by atoms with Crippen LogP contribution in [0.4, 0.5) is 11.4 Å². The highest BCUT2D eigenvalue weighted by Crippen LogP contribution is 2.24. The molecule has 0 saturated carbocycles. The van der Waals surface area contributed by atoms with E-state index in [0.717, 1.165) is 5.69 Å². The first-order valence-electron chi connectivity index (χ1n) is 7.05. The molecule has 0 unspecified atom stereocenters. The van der Waals surface area contributed by atoms with Crippen molar-refractivity contribution in [2.75, 3.05) is 24.3 Å². The van der Waals surface area contributed by atoms with Crippen molar-refractivity contribution in [3.05, 3.63) is 65.5 Å². The Kier molecular flexibility index (Phi) is 5.92. The van der Waals surface area contributed by atoms with E-state index in [2.05, 4.69) is 26.9 Å². The van der Waals surface area contributed by atoms with E-state index in [-0.39, 0.29) is 11.3 Å². The van der Waals surface area contributed by atoms with Crippen LogP contribution in [0.3, 0.4) is 0 Å². The molecule has 1 heterocycles. The average Bonchev–Trinajstić information content (AvgIpc) is 2.61. The van der Waals surface area contributed by atoms with Crippen LogP contribution in [0.5, 0.6) is 0 Å². The molecule has 0 atom stereocenters. The summed E-state index contributed by atoms with van der Waals surface area (Å²) in [4.78, 5) is 28.0. The summed E-state index contributed by atoms with van der Waals surface area (Å²) < 4.78 is 4.65. The highest BCUT2D eigenvalue weighted by atomic mass is 35.5. The molecule has 6 nitrogen and oxygen atoms in total. The number of nitrogens with one attached hydrogen (secondary N) is 2. The summed E-state index contributed by atoms with van der Waals surface area (Å²) in [6.07, 6.45) is 3.23. The molecule has 2 rings (SSSR count). The van der Waals surface area contributed by atoms with E-state index in [1.165, 1.54) is 31.5 Å². The summed E-state index contributed by atoms with van der Waals surface area (Å²) in [6, 6.07) is 7.83. The van der Waals surface area contributed by atoms with Crippen LogP contribution >= 0.6 is 11.6 Å². The van der Waals surface area contributed by atoms with Crippen molar-refractivity contribution in [2.24, 2.45) is 0 Å². The largest absolute Gasteiger partial charge is 0.465 e. The maximum atomic E-state index is 12.3. The molecule has 2 aromatic rings. The van der Waals surface area contributed by atoms with Crippen LogP contribution in [0, 0.1) is 0 Å². The molecule has 0 bridgehead atoms. The zero-order valence-electron chi connectivity index (χ0n) is 13.0. The summed E-state index contributed by atoms with van der Waals surface area (Å²) in [5, 5.41) is 6.01. The number of hydrogen-bond donors (Lipinski definition) is 2. The second-order valence-electron chi connectivity index (χ2n) is 4.74. The SMILES string of the molecule is C=CCNc1ccnc(C(=O)Nc2cc(C(=O)OC)ccc2Cl)c1. The van der Waals surface area contributed by atoms with Crippen LogP contribution in [-0.4, -0.2) is 30.5 Å². The Bertz CT molecular complexity index is 777. The van der Waals surface area contributed by atoms with Crippen molar-refractivity contribution in [3.8, 4) is 0 Å². The Labute approximate surface area is 144 Å². The lowest BCUT2D eigenvalue weighted by molar-refractivity contribution is 0.0600. The Balaban J connectivity index is 2.20. The number of methoxy groups -OCH3 is 1. The third-order valence-corrected chi connectivity index (χ3v) is 3.41. The molecular formula is C17H16ClN3O3. The van der Waals surface area contributed by atoms with E-state index in [1.54, 1.807) is 18.2 Å². The molecule has 1 amide bonds. The predicted octanol–water partition coefficient (Wildman–Crippen LogP) is 3.37. The first kappa shape index (κ1) is 17.5. The number of esters is 1. The molecule has 0 aliphatic heterocycles. The van der Waals surface area contributed by atoms with Crippen molar-refractivity contribution in [3.63, 3.8) is 0 Å². The second kappa shape index (κ2) is 8.12. The minimum atomic E-state index is -0.518. The van der Waals surface area contributed by atoms with Gasteiger partial charge < -0.3 is 15.4 Å². The fraction of sp³-hybridized carbons (Fsp3) is 0.118. The standard InChI is InChI=1S/C17H16ClN3O3/c1-3-7-19-12-6-8-20-15(10-12)16(22)21-14-9-11(17(23)24-2)4-5-13(14)18/h3-6,8-10H,1,7H2,2H3,(H,19,20)(H,21,22). The maximum absolute atomic E-state index is 12.3. The van der Waals surface area contributed by atoms with Crippen molar-refractivity contribution in [2.45, 2.75) is 0 Å². The molecule has 0 spiro atoms. The Hall–Kier alpha value is -2.86. The van der Waals surface area contributed by atoms with E-state index < -0.39 is 11.9 Å². The van der Waals surface area contributed by atoms with Gasteiger partial charge in [-0.1, -0.05) is 17.7 Å². The number of pyridine rings is 1. The summed E-state index contributed by atoms with van der Waals surface area (Å²) in [6.45, 7) is 4.19. The molecule has 1 aromatic carbocycles. The summed E-state index contributed by atoms with van der Waals surface area (Å²) in [5.41, 5.74) is 1.54. The van der Waals surface area contributed by atoms with Gasteiger partial charge in [0.2, 0.25) is 0 Å². The van der Waals surface area contributed by atoms with Gasteiger partial charge in [0.25, 0.3) is 5.91 Å². The number of carbonyl (C=O) groups is 2. The first-order chi connectivity index (χ1) is 11.5. The highest BCUT2D eigenvalue weighted by Gasteiger charge is 2.13. The predicted molar refractivity (Wildman–Crippen MR) is 93.7 cm³/mol. The number of rotatable bonds is 6. The fourth-order valence-corrected chi connectivity index (χ4v) is 2.07. The molecule has 0 fully saturated rings. The van der Waals surface area contributed by atoms with Crippen molar-refractivity contribution in [1.82, 2.24) is 4.98 Å². The van der Waals surface area contributed by atoms with E-state index in [4.69, 9.17) is 11.6 Å². The van der Waals surface area contributed by atoms with E-state index in [0.29, 0.717) is 17.3 Å². The van der Waals surface area contributed by atoms with Crippen LogP contribution < -0.4 is 10.6 Å². The van der Waals surface area contributed by atoms with Gasteiger partial charge >= 0.3 is 5.97 Å². The van der Waals surface area contributed by atoms with E-state index in [9.17, 15) is 9.59 Å². The zero-order chi connectivity index (χ0) is 17.5. The van der Waals surface area contributed by atoms with Gasteiger partial charge in [-0.15, -0.1) is 6.58 Å². The highest BCUT2D eigenvalue weighted by molar-refractivity contribution is 6.34. The Morgan fingerprint density at radius 1 is 1.33 bits per heavy atom. The number of anilines is 2. The maximum Gasteiger partial charge on any atom is 0.337 e. The molecule has 2 N–H and O–H groups in total. The third kappa shape index (κ3) is 4.33. The minimum Gasteiger partial charge on any atom is -0.465 e. The van der Waals surface area contributed by atoms with Crippen molar-refractivity contribution < 1.29 is 14.3 Å². The number of ether oxygens (including phenoxy) is 1.